The molecule has 1 aromatic carbocycles. The maximum Gasteiger partial charge on any atom is 0.0942 e. The number of nitrogens with zero attached hydrogens (tertiary/aromatic N) is 1. The van der Waals surface area contributed by atoms with Crippen LogP contribution in [0.3, 0.4) is 0 Å². The highest BCUT2D eigenvalue weighted by molar-refractivity contribution is 7.99. The van der Waals surface area contributed by atoms with Gasteiger partial charge >= 0.3 is 0 Å². The normalized spacial score (nSPS) is 10.7. The highest BCUT2D eigenvalue weighted by Gasteiger charge is 2.04. The zero-order chi connectivity index (χ0) is 10.7. The Hall–Kier alpha value is -1.26. The number of aliphatic hydroxyl groups excluding tert-OH is 1. The van der Waals surface area contributed by atoms with Crippen molar-refractivity contribution in [3.63, 3.8) is 0 Å². The minimum absolute atomic E-state index is 0.177. The summed E-state index contributed by atoms with van der Waals surface area (Å²) in [5.74, 6) is 0.688. The fraction of sp³-hybridized carbons (Fsp3) is 0.182. The molecule has 0 saturated carbocycles. The third kappa shape index (κ3) is 2.06. The topological polar surface area (TPSA) is 59.1 Å². The smallest absolute Gasteiger partial charge is 0.0942 e. The van der Waals surface area contributed by atoms with Crippen molar-refractivity contribution in [1.29, 1.82) is 0 Å². The van der Waals surface area contributed by atoms with E-state index in [9.17, 15) is 0 Å². The lowest BCUT2D eigenvalue weighted by molar-refractivity contribution is 0.322. The van der Waals surface area contributed by atoms with Crippen LogP contribution in [-0.2, 0) is 0 Å². The maximum atomic E-state index is 8.79. The predicted molar refractivity (Wildman–Crippen MR) is 64.0 cm³/mol. The molecule has 0 aliphatic rings. The summed E-state index contributed by atoms with van der Waals surface area (Å²) in [5, 5.41) is 9.84. The number of fused-ring (bicyclic) bond motifs is 1. The average Bonchev–Trinajstić information content (AvgIpc) is 2.29. The summed E-state index contributed by atoms with van der Waals surface area (Å²) in [7, 11) is 0. The first-order valence-electron chi connectivity index (χ1n) is 4.70. The molecule has 0 spiro atoms. The number of rotatable bonds is 3. The van der Waals surface area contributed by atoms with Gasteiger partial charge in [-0.05, 0) is 18.2 Å². The van der Waals surface area contributed by atoms with E-state index in [1.165, 1.54) is 0 Å². The summed E-state index contributed by atoms with van der Waals surface area (Å²) < 4.78 is 0. The van der Waals surface area contributed by atoms with Gasteiger partial charge in [0.25, 0.3) is 0 Å². The van der Waals surface area contributed by atoms with E-state index in [-0.39, 0.29) is 6.61 Å². The molecule has 1 aromatic heterocycles. The van der Waals surface area contributed by atoms with Crippen molar-refractivity contribution in [3.8, 4) is 0 Å². The molecule has 0 fully saturated rings. The van der Waals surface area contributed by atoms with E-state index in [1.807, 2.05) is 24.3 Å². The van der Waals surface area contributed by atoms with Crippen LogP contribution in [0.1, 0.15) is 0 Å². The quantitative estimate of drug-likeness (QED) is 0.612. The molecule has 3 N–H and O–H groups in total. The van der Waals surface area contributed by atoms with E-state index in [2.05, 4.69) is 4.98 Å². The van der Waals surface area contributed by atoms with Crippen LogP contribution in [-0.4, -0.2) is 22.5 Å². The summed E-state index contributed by atoms with van der Waals surface area (Å²) in [6.45, 7) is 0.177. The summed E-state index contributed by atoms with van der Waals surface area (Å²) in [6, 6.07) is 7.72. The molecule has 0 bridgehead atoms. The standard InChI is InChI=1S/C11H12N2OS/c12-9-3-4-10(15-7-6-14)8-2-1-5-13-11(8)9/h1-5,14H,6-7,12H2. The number of nitrogens with two attached hydrogens (primary N) is 1. The first-order chi connectivity index (χ1) is 7.33. The third-order valence-corrected chi connectivity index (χ3v) is 3.16. The summed E-state index contributed by atoms with van der Waals surface area (Å²) in [6.07, 6.45) is 1.74. The van der Waals surface area contributed by atoms with E-state index >= 15 is 0 Å². The molecular weight excluding hydrogens is 208 g/mol. The predicted octanol–water partition coefficient (Wildman–Crippen LogP) is 1.90. The van der Waals surface area contributed by atoms with Crippen molar-refractivity contribution in [1.82, 2.24) is 4.98 Å². The van der Waals surface area contributed by atoms with Crippen LogP contribution in [0.5, 0.6) is 0 Å². The first-order valence-corrected chi connectivity index (χ1v) is 5.68. The molecule has 0 unspecified atom stereocenters. The van der Waals surface area contributed by atoms with E-state index < -0.39 is 0 Å². The Morgan fingerprint density at radius 1 is 1.33 bits per heavy atom. The van der Waals surface area contributed by atoms with Crippen LogP contribution in [0.2, 0.25) is 0 Å². The second kappa shape index (κ2) is 4.51. The molecule has 0 atom stereocenters. The lowest BCUT2D eigenvalue weighted by Crippen LogP contribution is -1.92. The number of anilines is 1. The van der Waals surface area contributed by atoms with E-state index in [0.717, 1.165) is 15.8 Å². The van der Waals surface area contributed by atoms with Crippen molar-refractivity contribution in [2.24, 2.45) is 0 Å². The number of aliphatic hydroxyl groups is 1. The number of thioether (sulfide) groups is 1. The van der Waals surface area contributed by atoms with Gasteiger partial charge < -0.3 is 10.8 Å². The zero-order valence-corrected chi connectivity index (χ0v) is 9.00. The van der Waals surface area contributed by atoms with Gasteiger partial charge in [-0.2, -0.15) is 0 Å². The monoisotopic (exact) mass is 220 g/mol. The van der Waals surface area contributed by atoms with E-state index in [4.69, 9.17) is 10.8 Å². The van der Waals surface area contributed by atoms with Crippen molar-refractivity contribution in [3.05, 3.63) is 30.5 Å². The summed E-state index contributed by atoms with van der Waals surface area (Å²) in [4.78, 5) is 5.36. The van der Waals surface area contributed by atoms with Crippen LogP contribution in [0, 0.1) is 0 Å². The minimum atomic E-state index is 0.177. The van der Waals surface area contributed by atoms with E-state index in [1.54, 1.807) is 18.0 Å². The Morgan fingerprint density at radius 2 is 2.20 bits per heavy atom. The van der Waals surface area contributed by atoms with Crippen molar-refractivity contribution in [2.75, 3.05) is 18.1 Å². The number of nitrogen functional groups attached to an aromatic ring is 1. The summed E-state index contributed by atoms with van der Waals surface area (Å²) >= 11 is 1.61. The van der Waals surface area contributed by atoms with Gasteiger partial charge in [0, 0.05) is 22.2 Å². The van der Waals surface area contributed by atoms with Crippen LogP contribution in [0.15, 0.2) is 35.4 Å². The number of hydrogen-bond donors (Lipinski definition) is 2. The Labute approximate surface area is 92.3 Å². The average molecular weight is 220 g/mol. The van der Waals surface area contributed by atoms with Crippen LogP contribution in [0.25, 0.3) is 10.9 Å². The van der Waals surface area contributed by atoms with Gasteiger partial charge in [-0.3, -0.25) is 4.98 Å². The Kier molecular flexibility index (Phi) is 3.08. The number of benzene rings is 1. The van der Waals surface area contributed by atoms with Gasteiger partial charge in [-0.25, -0.2) is 0 Å². The van der Waals surface area contributed by atoms with Crippen LogP contribution < -0.4 is 5.73 Å². The highest BCUT2D eigenvalue weighted by atomic mass is 32.2. The number of pyridine rings is 1. The van der Waals surface area contributed by atoms with Gasteiger partial charge in [0.05, 0.1) is 17.8 Å². The molecule has 0 radical (unpaired) electrons. The zero-order valence-electron chi connectivity index (χ0n) is 8.18. The van der Waals surface area contributed by atoms with Crippen molar-refractivity contribution < 1.29 is 5.11 Å². The molecule has 0 amide bonds. The third-order valence-electron chi connectivity index (χ3n) is 2.11. The molecule has 15 heavy (non-hydrogen) atoms. The molecule has 2 rings (SSSR count). The Balaban J connectivity index is 2.51. The number of aromatic nitrogens is 1. The second-order valence-corrected chi connectivity index (χ2v) is 4.26. The van der Waals surface area contributed by atoms with Crippen molar-refractivity contribution >= 4 is 28.4 Å². The molecule has 0 saturated heterocycles. The second-order valence-electron chi connectivity index (χ2n) is 3.12. The first kappa shape index (κ1) is 10.3. The molecule has 2 aromatic rings. The van der Waals surface area contributed by atoms with Gasteiger partial charge in [0.1, 0.15) is 0 Å². The Bertz CT molecular complexity index is 473. The summed E-state index contributed by atoms with van der Waals surface area (Å²) in [5.41, 5.74) is 7.36. The van der Waals surface area contributed by atoms with Gasteiger partial charge in [-0.15, -0.1) is 11.8 Å². The molecular formula is C11H12N2OS. The Morgan fingerprint density at radius 3 is 3.00 bits per heavy atom. The van der Waals surface area contributed by atoms with E-state index in [0.29, 0.717) is 11.4 Å². The van der Waals surface area contributed by atoms with Crippen LogP contribution in [0.4, 0.5) is 5.69 Å². The molecule has 3 nitrogen and oxygen atoms in total. The highest BCUT2D eigenvalue weighted by Crippen LogP contribution is 2.29. The minimum Gasteiger partial charge on any atom is -0.397 e. The van der Waals surface area contributed by atoms with Gasteiger partial charge in [0.2, 0.25) is 0 Å². The molecule has 78 valence electrons. The lowest BCUT2D eigenvalue weighted by Gasteiger charge is -2.06. The fourth-order valence-corrected chi connectivity index (χ4v) is 2.25. The molecule has 0 aliphatic carbocycles. The van der Waals surface area contributed by atoms with Gasteiger partial charge in [0.15, 0.2) is 0 Å². The largest absolute Gasteiger partial charge is 0.397 e. The SMILES string of the molecule is Nc1ccc(SCCO)c2cccnc12. The molecule has 4 heteroatoms. The van der Waals surface area contributed by atoms with Crippen LogP contribution >= 0.6 is 11.8 Å². The maximum absolute atomic E-state index is 8.79. The molecule has 1 heterocycles. The number of hydrogen-bond acceptors (Lipinski definition) is 4. The fourth-order valence-electron chi connectivity index (χ4n) is 1.45. The molecule has 0 aliphatic heterocycles. The van der Waals surface area contributed by atoms with Crippen molar-refractivity contribution in [2.45, 2.75) is 4.90 Å². The lowest BCUT2D eigenvalue weighted by atomic mass is 10.2. The van der Waals surface area contributed by atoms with Gasteiger partial charge in [-0.1, -0.05) is 6.07 Å².